The van der Waals surface area contributed by atoms with Crippen LogP contribution in [0.4, 0.5) is 0 Å². The topological polar surface area (TPSA) is 78.9 Å². The molecule has 7 heteroatoms. The smallest absolute Gasteiger partial charge is 0.526 e. The van der Waals surface area contributed by atoms with E-state index in [2.05, 4.69) is 17.1 Å². The Kier molecular flexibility index (Phi) is 9.11. The number of benzene rings is 1. The zero-order valence-corrected chi connectivity index (χ0v) is 19.1. The number of carbonyl (C=O) groups is 2. The van der Waals surface area contributed by atoms with Gasteiger partial charge in [0.15, 0.2) is 5.78 Å². The van der Waals surface area contributed by atoms with Gasteiger partial charge in [0.1, 0.15) is 11.5 Å². The van der Waals surface area contributed by atoms with E-state index in [0.29, 0.717) is 30.7 Å². The molecule has 1 atom stereocenters. The Morgan fingerprint density at radius 3 is 2.74 bits per heavy atom. The van der Waals surface area contributed by atoms with Crippen molar-refractivity contribution in [3.05, 3.63) is 29.3 Å². The fourth-order valence-electron chi connectivity index (χ4n) is 4.83. The van der Waals surface area contributed by atoms with Crippen LogP contribution in [0.15, 0.2) is 18.2 Å². The molecule has 1 aromatic carbocycles. The maximum absolute atomic E-state index is 12.7. The summed E-state index contributed by atoms with van der Waals surface area (Å²) in [7, 11) is -1.05. The van der Waals surface area contributed by atoms with Gasteiger partial charge in [0.05, 0.1) is 12.1 Å². The number of nitrogens with one attached hydrogen (secondary N) is 1. The molecule has 0 aliphatic carbocycles. The summed E-state index contributed by atoms with van der Waals surface area (Å²) >= 11 is 0. The lowest BCUT2D eigenvalue weighted by Gasteiger charge is -2.32. The number of para-hydroxylation sites is 1. The maximum atomic E-state index is 12.7. The van der Waals surface area contributed by atoms with E-state index in [-0.39, 0.29) is 17.4 Å². The maximum Gasteiger partial charge on any atom is 0.526 e. The molecule has 2 heterocycles. The molecule has 0 aromatic heterocycles. The molecule has 0 saturated carbocycles. The van der Waals surface area contributed by atoms with Crippen LogP contribution in [0.25, 0.3) is 0 Å². The number of unbranched alkanes of at least 4 members (excludes halogenated alkanes) is 1. The van der Waals surface area contributed by atoms with E-state index in [9.17, 15) is 14.6 Å². The first-order valence-corrected chi connectivity index (χ1v) is 11.9. The van der Waals surface area contributed by atoms with Crippen molar-refractivity contribution in [3.63, 3.8) is 0 Å². The third kappa shape index (κ3) is 6.89. The Balaban J connectivity index is 1.41. The molecular weight excluding hydrogens is 391 g/mol. The summed E-state index contributed by atoms with van der Waals surface area (Å²) in [5.74, 6) is 1.06. The standard InChI is InChI=1S/C24H37BN2O4/c1-3-26-12-5-4-7-19-10-13-27(14-11-19)17-22(29)16-21-15-20-8-6-9-23(18(2)28)24(20)31-25(21)30/h6,8-9,19,21,26,30H,3-5,7,10-17H2,1-2H3/t21-/m1/s1. The third-order valence-corrected chi connectivity index (χ3v) is 6.66. The number of carbonyl (C=O) groups excluding carboxylic acids is 2. The number of likely N-dealkylation sites (tertiary alicyclic amines) is 1. The number of piperidine rings is 1. The molecule has 170 valence electrons. The van der Waals surface area contributed by atoms with Crippen molar-refractivity contribution < 1.29 is 19.3 Å². The van der Waals surface area contributed by atoms with Crippen LogP contribution in [-0.2, 0) is 11.2 Å². The van der Waals surface area contributed by atoms with Gasteiger partial charge in [-0.2, -0.15) is 0 Å². The molecule has 2 N–H and O–H groups in total. The highest BCUT2D eigenvalue weighted by Gasteiger charge is 2.37. The largest absolute Gasteiger partial charge is 0.535 e. The lowest BCUT2D eigenvalue weighted by Crippen LogP contribution is -2.40. The van der Waals surface area contributed by atoms with Gasteiger partial charge < -0.3 is 15.0 Å². The molecule has 2 aliphatic rings. The zero-order chi connectivity index (χ0) is 22.2. The van der Waals surface area contributed by atoms with Crippen molar-refractivity contribution in [3.8, 4) is 5.75 Å². The predicted molar refractivity (Wildman–Crippen MR) is 124 cm³/mol. The van der Waals surface area contributed by atoms with Crippen LogP contribution in [0.1, 0.15) is 68.3 Å². The second kappa shape index (κ2) is 11.8. The fraction of sp³-hybridized carbons (Fsp3) is 0.667. The van der Waals surface area contributed by atoms with Crippen LogP contribution < -0.4 is 9.97 Å². The van der Waals surface area contributed by atoms with Gasteiger partial charge in [-0.25, -0.2) is 0 Å². The summed E-state index contributed by atoms with van der Waals surface area (Å²) in [4.78, 5) is 26.8. The Hall–Kier alpha value is -1.70. The van der Waals surface area contributed by atoms with Gasteiger partial charge >= 0.3 is 7.12 Å². The second-order valence-electron chi connectivity index (χ2n) is 9.13. The van der Waals surface area contributed by atoms with Crippen molar-refractivity contribution in [2.75, 3.05) is 32.7 Å². The Labute approximate surface area is 186 Å². The van der Waals surface area contributed by atoms with Crippen LogP contribution in [0.2, 0.25) is 5.82 Å². The highest BCUT2D eigenvalue weighted by atomic mass is 16.5. The average molecular weight is 428 g/mol. The van der Waals surface area contributed by atoms with Crippen molar-refractivity contribution >= 4 is 18.7 Å². The second-order valence-corrected chi connectivity index (χ2v) is 9.13. The average Bonchev–Trinajstić information content (AvgIpc) is 2.74. The lowest BCUT2D eigenvalue weighted by molar-refractivity contribution is -0.120. The summed E-state index contributed by atoms with van der Waals surface area (Å²) in [5.41, 5.74) is 1.39. The number of hydrogen-bond acceptors (Lipinski definition) is 6. The van der Waals surface area contributed by atoms with E-state index < -0.39 is 7.12 Å². The highest BCUT2D eigenvalue weighted by molar-refractivity contribution is 6.47. The van der Waals surface area contributed by atoms with Gasteiger partial charge in [-0.1, -0.05) is 31.9 Å². The molecule has 1 fully saturated rings. The van der Waals surface area contributed by atoms with Gasteiger partial charge in [0.25, 0.3) is 0 Å². The van der Waals surface area contributed by atoms with E-state index >= 15 is 0 Å². The van der Waals surface area contributed by atoms with Gasteiger partial charge in [-0.05, 0) is 76.3 Å². The number of nitrogens with zero attached hydrogens (tertiary/aromatic N) is 1. The van der Waals surface area contributed by atoms with Crippen LogP contribution in [0.3, 0.4) is 0 Å². The highest BCUT2D eigenvalue weighted by Crippen LogP contribution is 2.36. The molecule has 31 heavy (non-hydrogen) atoms. The Bertz CT molecular complexity index is 749. The number of fused-ring (bicyclic) bond motifs is 1. The first-order chi connectivity index (χ1) is 15.0. The molecule has 0 radical (unpaired) electrons. The third-order valence-electron chi connectivity index (χ3n) is 6.66. The van der Waals surface area contributed by atoms with Gasteiger partial charge in [-0.15, -0.1) is 0 Å². The first-order valence-electron chi connectivity index (χ1n) is 11.9. The normalized spacial score (nSPS) is 19.7. The first kappa shape index (κ1) is 24.0. The Morgan fingerprint density at radius 1 is 1.26 bits per heavy atom. The van der Waals surface area contributed by atoms with Crippen LogP contribution in [0, 0.1) is 5.92 Å². The molecule has 1 saturated heterocycles. The molecule has 1 aromatic rings. The van der Waals surface area contributed by atoms with E-state index in [1.807, 2.05) is 12.1 Å². The lowest BCUT2D eigenvalue weighted by atomic mass is 9.64. The summed E-state index contributed by atoms with van der Waals surface area (Å²) in [5, 5.41) is 13.8. The monoisotopic (exact) mass is 428 g/mol. The molecule has 6 nitrogen and oxygen atoms in total. The summed E-state index contributed by atoms with van der Waals surface area (Å²) in [6.07, 6.45) is 7.02. The number of rotatable bonds is 11. The molecular formula is C24H37BN2O4. The van der Waals surface area contributed by atoms with Crippen LogP contribution in [0.5, 0.6) is 5.75 Å². The Morgan fingerprint density at radius 2 is 2.03 bits per heavy atom. The number of hydrogen-bond donors (Lipinski definition) is 2. The van der Waals surface area contributed by atoms with Crippen molar-refractivity contribution in [1.29, 1.82) is 0 Å². The van der Waals surface area contributed by atoms with Crippen molar-refractivity contribution in [2.24, 2.45) is 5.92 Å². The zero-order valence-electron chi connectivity index (χ0n) is 19.1. The molecule has 0 amide bonds. The van der Waals surface area contributed by atoms with E-state index in [4.69, 9.17) is 4.65 Å². The fourth-order valence-corrected chi connectivity index (χ4v) is 4.83. The molecule has 3 rings (SSSR count). The minimum absolute atomic E-state index is 0.0837. The predicted octanol–water partition coefficient (Wildman–Crippen LogP) is 3.13. The minimum atomic E-state index is -1.05. The number of ketones is 2. The molecule has 0 spiro atoms. The van der Waals surface area contributed by atoms with E-state index in [1.165, 1.54) is 39.0 Å². The van der Waals surface area contributed by atoms with Crippen molar-refractivity contribution in [2.45, 2.75) is 64.6 Å². The van der Waals surface area contributed by atoms with Crippen LogP contribution >= 0.6 is 0 Å². The van der Waals surface area contributed by atoms with Gasteiger partial charge in [0, 0.05) is 12.2 Å². The minimum Gasteiger partial charge on any atom is -0.535 e. The summed E-state index contributed by atoms with van der Waals surface area (Å²) < 4.78 is 5.67. The number of Topliss-reactive ketones (excluding diaryl/α,β-unsaturated/α-hetero) is 2. The summed E-state index contributed by atoms with van der Waals surface area (Å²) in [6.45, 7) is 8.21. The van der Waals surface area contributed by atoms with E-state index in [0.717, 1.165) is 37.7 Å². The van der Waals surface area contributed by atoms with Gasteiger partial charge in [0.2, 0.25) is 0 Å². The molecule has 2 aliphatic heterocycles. The quantitative estimate of drug-likeness (QED) is 0.320. The van der Waals surface area contributed by atoms with Crippen molar-refractivity contribution in [1.82, 2.24) is 10.2 Å². The molecule has 0 bridgehead atoms. The van der Waals surface area contributed by atoms with Crippen LogP contribution in [-0.4, -0.2) is 61.3 Å². The van der Waals surface area contributed by atoms with Gasteiger partial charge in [-0.3, -0.25) is 14.5 Å². The molecule has 0 unspecified atom stereocenters. The SMILES string of the molecule is CCNCCCCC1CCN(CC(=O)C[C@H]2Cc3cccc(C(C)=O)c3OB2O)CC1. The summed E-state index contributed by atoms with van der Waals surface area (Å²) in [6, 6.07) is 5.46. The van der Waals surface area contributed by atoms with E-state index in [1.54, 1.807) is 6.07 Å².